The van der Waals surface area contributed by atoms with Crippen LogP contribution in [0, 0.1) is 0 Å². The number of piperidine rings is 1. The lowest BCUT2D eigenvalue weighted by Crippen LogP contribution is -2.41. The second-order valence-corrected chi connectivity index (χ2v) is 7.74. The van der Waals surface area contributed by atoms with Gasteiger partial charge in [-0.25, -0.2) is 9.78 Å². The molecule has 0 bridgehead atoms. The minimum Gasteiger partial charge on any atom is -0.452 e. The number of hydrogen-bond acceptors (Lipinski definition) is 6. The smallest absolute Gasteiger partial charge is 0.341 e. The van der Waals surface area contributed by atoms with Crippen LogP contribution in [0.3, 0.4) is 0 Å². The van der Waals surface area contributed by atoms with Gasteiger partial charge in [0.2, 0.25) is 0 Å². The number of aryl methyl sites for hydroxylation is 1. The van der Waals surface area contributed by atoms with Gasteiger partial charge in [-0.3, -0.25) is 9.48 Å². The first-order valence-electron chi connectivity index (χ1n) is 8.89. The summed E-state index contributed by atoms with van der Waals surface area (Å²) in [5, 5.41) is 5.00. The quantitative estimate of drug-likeness (QED) is 0.646. The molecule has 0 spiro atoms. The largest absolute Gasteiger partial charge is 0.452 e. The third-order valence-electron chi connectivity index (χ3n) is 4.70. The molecule has 0 radical (unpaired) electrons. The third kappa shape index (κ3) is 3.85. The highest BCUT2D eigenvalue weighted by molar-refractivity contribution is 7.18. The van der Waals surface area contributed by atoms with E-state index in [1.807, 2.05) is 18.2 Å². The van der Waals surface area contributed by atoms with E-state index in [-0.39, 0.29) is 18.4 Å². The Kier molecular flexibility index (Phi) is 4.89. The number of esters is 1. The predicted molar refractivity (Wildman–Crippen MR) is 102 cm³/mol. The molecule has 1 atom stereocenters. The molecular formula is C19H20N4O3S. The number of amides is 1. The SMILES string of the molecule is Cn1cc(C(=O)OCC(=O)N2CCCC(c3nc4ccccc4s3)C2)cn1. The van der Waals surface area contributed by atoms with E-state index in [0.717, 1.165) is 23.4 Å². The van der Waals surface area contributed by atoms with Crippen LogP contribution in [0.2, 0.25) is 0 Å². The Balaban J connectivity index is 1.37. The average Bonchev–Trinajstić information content (AvgIpc) is 3.32. The van der Waals surface area contributed by atoms with Crippen LogP contribution < -0.4 is 0 Å². The summed E-state index contributed by atoms with van der Waals surface area (Å²) in [6.07, 6.45) is 4.93. The Bertz CT molecular complexity index is 947. The minimum absolute atomic E-state index is 0.168. The van der Waals surface area contributed by atoms with Crippen molar-refractivity contribution in [2.24, 2.45) is 7.05 Å². The first kappa shape index (κ1) is 17.7. The van der Waals surface area contributed by atoms with E-state index in [1.165, 1.54) is 15.6 Å². The molecular weight excluding hydrogens is 364 g/mol. The monoisotopic (exact) mass is 384 g/mol. The third-order valence-corrected chi connectivity index (χ3v) is 5.90. The fraction of sp³-hybridized carbons (Fsp3) is 0.368. The van der Waals surface area contributed by atoms with Crippen molar-refractivity contribution in [3.63, 3.8) is 0 Å². The van der Waals surface area contributed by atoms with Gasteiger partial charge in [0.15, 0.2) is 6.61 Å². The molecule has 1 aliphatic heterocycles. The summed E-state index contributed by atoms with van der Waals surface area (Å²) in [6, 6.07) is 8.08. The van der Waals surface area contributed by atoms with Crippen LogP contribution in [0.5, 0.6) is 0 Å². The summed E-state index contributed by atoms with van der Waals surface area (Å²) in [5.74, 6) is -0.469. The van der Waals surface area contributed by atoms with E-state index < -0.39 is 5.97 Å². The molecule has 4 rings (SSSR count). The fourth-order valence-corrected chi connectivity index (χ4v) is 4.39. The maximum atomic E-state index is 12.5. The molecule has 1 aliphatic rings. The van der Waals surface area contributed by atoms with Crippen molar-refractivity contribution in [3.8, 4) is 0 Å². The number of ether oxygens (including phenoxy) is 1. The molecule has 1 fully saturated rings. The highest BCUT2D eigenvalue weighted by Crippen LogP contribution is 2.32. The van der Waals surface area contributed by atoms with Gasteiger partial charge in [0.05, 0.1) is 27.0 Å². The molecule has 3 aromatic rings. The number of fused-ring (bicyclic) bond motifs is 1. The van der Waals surface area contributed by atoms with Crippen molar-refractivity contribution in [2.45, 2.75) is 18.8 Å². The molecule has 1 aromatic carbocycles. The molecule has 140 valence electrons. The van der Waals surface area contributed by atoms with Gasteiger partial charge in [0, 0.05) is 32.3 Å². The van der Waals surface area contributed by atoms with E-state index in [0.29, 0.717) is 18.7 Å². The van der Waals surface area contributed by atoms with Crippen molar-refractivity contribution in [1.29, 1.82) is 0 Å². The lowest BCUT2D eigenvalue weighted by molar-refractivity contribution is -0.135. The van der Waals surface area contributed by atoms with E-state index in [4.69, 9.17) is 9.72 Å². The topological polar surface area (TPSA) is 77.3 Å². The van der Waals surface area contributed by atoms with Gasteiger partial charge in [-0.1, -0.05) is 12.1 Å². The van der Waals surface area contributed by atoms with Crippen molar-refractivity contribution < 1.29 is 14.3 Å². The summed E-state index contributed by atoms with van der Waals surface area (Å²) in [7, 11) is 1.72. The maximum absolute atomic E-state index is 12.5. The first-order chi connectivity index (χ1) is 13.1. The van der Waals surface area contributed by atoms with Gasteiger partial charge in [0.25, 0.3) is 5.91 Å². The van der Waals surface area contributed by atoms with Crippen molar-refractivity contribution in [1.82, 2.24) is 19.7 Å². The van der Waals surface area contributed by atoms with Gasteiger partial charge >= 0.3 is 5.97 Å². The van der Waals surface area contributed by atoms with Gasteiger partial charge < -0.3 is 9.64 Å². The molecule has 2 aromatic heterocycles. The lowest BCUT2D eigenvalue weighted by Gasteiger charge is -2.31. The summed E-state index contributed by atoms with van der Waals surface area (Å²) in [6.45, 7) is 1.05. The Morgan fingerprint density at radius 3 is 2.96 bits per heavy atom. The zero-order valence-electron chi connectivity index (χ0n) is 15.0. The van der Waals surface area contributed by atoms with Crippen LogP contribution in [-0.4, -0.2) is 51.2 Å². The molecule has 0 aliphatic carbocycles. The lowest BCUT2D eigenvalue weighted by atomic mass is 9.99. The minimum atomic E-state index is -0.531. The Morgan fingerprint density at radius 1 is 1.33 bits per heavy atom. The van der Waals surface area contributed by atoms with E-state index >= 15 is 0 Å². The summed E-state index contributed by atoms with van der Waals surface area (Å²) in [5.41, 5.74) is 1.35. The second kappa shape index (κ2) is 7.48. The summed E-state index contributed by atoms with van der Waals surface area (Å²) < 4.78 is 7.84. The van der Waals surface area contributed by atoms with E-state index in [9.17, 15) is 9.59 Å². The zero-order chi connectivity index (χ0) is 18.8. The van der Waals surface area contributed by atoms with Crippen LogP contribution in [0.15, 0.2) is 36.7 Å². The average molecular weight is 384 g/mol. The highest BCUT2D eigenvalue weighted by atomic mass is 32.1. The Morgan fingerprint density at radius 2 is 2.19 bits per heavy atom. The normalized spacial score (nSPS) is 17.2. The molecule has 7 nitrogen and oxygen atoms in total. The van der Waals surface area contributed by atoms with Crippen molar-refractivity contribution in [3.05, 3.63) is 47.2 Å². The predicted octanol–water partition coefficient (Wildman–Crippen LogP) is 2.59. The molecule has 1 saturated heterocycles. The molecule has 0 saturated carbocycles. The van der Waals surface area contributed by atoms with Crippen LogP contribution >= 0.6 is 11.3 Å². The Hall–Kier alpha value is -2.74. The van der Waals surface area contributed by atoms with E-state index in [2.05, 4.69) is 11.2 Å². The number of likely N-dealkylation sites (tertiary alicyclic amines) is 1. The molecule has 8 heteroatoms. The number of carbonyl (C=O) groups is 2. The van der Waals surface area contributed by atoms with Gasteiger partial charge in [-0.05, 0) is 25.0 Å². The number of para-hydroxylation sites is 1. The van der Waals surface area contributed by atoms with Crippen LogP contribution in [0.4, 0.5) is 0 Å². The number of nitrogens with zero attached hydrogens (tertiary/aromatic N) is 4. The molecule has 1 amide bonds. The number of hydrogen-bond donors (Lipinski definition) is 0. The molecule has 0 N–H and O–H groups in total. The number of rotatable bonds is 4. The van der Waals surface area contributed by atoms with Crippen LogP contribution in [0.1, 0.15) is 34.1 Å². The zero-order valence-corrected chi connectivity index (χ0v) is 15.8. The number of benzene rings is 1. The highest BCUT2D eigenvalue weighted by Gasteiger charge is 2.27. The number of carbonyl (C=O) groups excluding carboxylic acids is 2. The molecule has 3 heterocycles. The number of aromatic nitrogens is 3. The van der Waals surface area contributed by atoms with Gasteiger partial charge in [-0.2, -0.15) is 5.10 Å². The molecule has 1 unspecified atom stereocenters. The maximum Gasteiger partial charge on any atom is 0.341 e. The fourth-order valence-electron chi connectivity index (χ4n) is 3.30. The van der Waals surface area contributed by atoms with Crippen molar-refractivity contribution >= 4 is 33.4 Å². The molecule has 27 heavy (non-hydrogen) atoms. The number of thiazole rings is 1. The van der Waals surface area contributed by atoms with Gasteiger partial charge in [-0.15, -0.1) is 11.3 Å². The van der Waals surface area contributed by atoms with Crippen LogP contribution in [-0.2, 0) is 16.6 Å². The van der Waals surface area contributed by atoms with Gasteiger partial charge in [0.1, 0.15) is 0 Å². The summed E-state index contributed by atoms with van der Waals surface area (Å²) >= 11 is 1.69. The van der Waals surface area contributed by atoms with Crippen molar-refractivity contribution in [2.75, 3.05) is 19.7 Å². The summed E-state index contributed by atoms with van der Waals surface area (Å²) in [4.78, 5) is 31.0. The van der Waals surface area contributed by atoms with Crippen LogP contribution in [0.25, 0.3) is 10.2 Å². The standard InChI is InChI=1S/C19H20N4O3S/c1-22-10-14(9-20-22)19(25)26-12-17(24)23-8-4-5-13(11-23)18-21-15-6-2-3-7-16(15)27-18/h2-3,6-7,9-10,13H,4-5,8,11-12H2,1H3. The first-order valence-corrected chi connectivity index (χ1v) is 9.71. The Labute approximate surface area is 160 Å². The van der Waals surface area contributed by atoms with E-state index in [1.54, 1.807) is 29.5 Å². The second-order valence-electron chi connectivity index (χ2n) is 6.68.